The van der Waals surface area contributed by atoms with E-state index in [1.807, 2.05) is 73.1 Å². The fourth-order valence-electron chi connectivity index (χ4n) is 7.05. The van der Waals surface area contributed by atoms with Gasteiger partial charge < -0.3 is 8.99 Å². The van der Waals surface area contributed by atoms with E-state index in [9.17, 15) is 14.9 Å². The molecule has 2 heterocycles. The average Bonchev–Trinajstić information content (AvgIpc) is 3.65. The minimum Gasteiger partial charge on any atom is -0.417 e. The number of allylic oxidation sites excluding steroid dienone is 3. The first kappa shape index (κ1) is 35.0. The molecule has 2 atom stereocenters. The van der Waals surface area contributed by atoms with E-state index in [4.69, 9.17) is 9.41 Å². The van der Waals surface area contributed by atoms with Crippen molar-refractivity contribution in [2.75, 3.05) is 13.2 Å². The lowest BCUT2D eigenvalue weighted by Gasteiger charge is -2.39. The molecule has 1 saturated heterocycles. The van der Waals surface area contributed by atoms with Crippen LogP contribution in [0.25, 0.3) is 0 Å². The Balaban J connectivity index is 1.50. The van der Waals surface area contributed by atoms with Crippen LogP contribution in [-0.2, 0) is 26.0 Å². The lowest BCUT2D eigenvalue weighted by Crippen LogP contribution is -2.41. The maximum atomic E-state index is 13.4. The minimum atomic E-state index is -2.08. The van der Waals surface area contributed by atoms with Crippen LogP contribution in [0.4, 0.5) is 0 Å². The molecule has 0 spiro atoms. The highest BCUT2D eigenvalue weighted by atomic mass is 28.4. The second-order valence-corrected chi connectivity index (χ2v) is 19.5. The van der Waals surface area contributed by atoms with Crippen molar-refractivity contribution in [3.05, 3.63) is 149 Å². The van der Waals surface area contributed by atoms with E-state index < -0.39 is 25.7 Å². The van der Waals surface area contributed by atoms with Crippen LogP contribution in [0.5, 0.6) is 0 Å². The second-order valence-electron chi connectivity index (χ2n) is 14.7. The molecule has 1 aromatic heterocycles. The van der Waals surface area contributed by atoms with Gasteiger partial charge in [0.15, 0.2) is 8.32 Å². The minimum absolute atomic E-state index is 0.0299. The summed E-state index contributed by atoms with van der Waals surface area (Å²) in [7, 11) is -2.08. The highest BCUT2D eigenvalue weighted by molar-refractivity contribution is 6.74. The second kappa shape index (κ2) is 14.2. The fraction of sp³-hybridized carbons (Fsp3) is 0.333. The van der Waals surface area contributed by atoms with Gasteiger partial charge in [0.25, 0.3) is 5.91 Å². The molecular formula is C42H46N4O3Si. The Morgan fingerprint density at radius 2 is 1.48 bits per heavy atom. The van der Waals surface area contributed by atoms with E-state index >= 15 is 0 Å². The quantitative estimate of drug-likeness (QED) is 0.0855. The Morgan fingerprint density at radius 3 is 1.98 bits per heavy atom. The smallest absolute Gasteiger partial charge is 0.257 e. The monoisotopic (exact) mass is 682 g/mol. The van der Waals surface area contributed by atoms with Crippen LogP contribution in [0.1, 0.15) is 67.6 Å². The number of fused-ring (bicyclic) bond motifs is 1. The molecule has 0 bridgehead atoms. The number of rotatable bonds is 12. The third-order valence-corrected chi connectivity index (χ3v) is 15.3. The summed E-state index contributed by atoms with van der Waals surface area (Å²) in [5.41, 5.74) is 4.18. The van der Waals surface area contributed by atoms with Gasteiger partial charge in [0.05, 0.1) is 35.6 Å². The van der Waals surface area contributed by atoms with Crippen LogP contribution in [0.15, 0.2) is 121 Å². The predicted octanol–water partition coefficient (Wildman–Crippen LogP) is 8.16. The SMILES string of the molecule is CC(C)(C)[Si](C)(C)OCCC(C#N)c1c(CCN2C(=O)C3=CC=CCC3C2=O)ncn1C(c1ccccc1)(c1ccccc1)c1ccccc1. The molecule has 0 saturated carbocycles. The van der Waals surface area contributed by atoms with Crippen LogP contribution in [0.2, 0.25) is 18.1 Å². The molecule has 0 radical (unpaired) electrons. The summed E-state index contributed by atoms with van der Waals surface area (Å²) in [6, 6.07) is 33.6. The van der Waals surface area contributed by atoms with E-state index in [1.54, 1.807) is 6.08 Å². The number of amides is 2. The van der Waals surface area contributed by atoms with E-state index in [-0.39, 0.29) is 23.4 Å². The Kier molecular flexibility index (Phi) is 9.93. The van der Waals surface area contributed by atoms with Gasteiger partial charge >= 0.3 is 0 Å². The Hall–Kier alpha value is -4.84. The Bertz CT molecular complexity index is 1840. The van der Waals surface area contributed by atoms with Crippen LogP contribution < -0.4 is 0 Å². The molecule has 50 heavy (non-hydrogen) atoms. The van der Waals surface area contributed by atoms with Crippen molar-refractivity contribution < 1.29 is 14.0 Å². The summed E-state index contributed by atoms with van der Waals surface area (Å²) in [5.74, 6) is -1.41. The van der Waals surface area contributed by atoms with Crippen molar-refractivity contribution in [2.24, 2.45) is 5.92 Å². The Labute approximate surface area is 297 Å². The first-order valence-corrected chi connectivity index (χ1v) is 20.4. The molecule has 8 heteroatoms. The lowest BCUT2D eigenvalue weighted by molar-refractivity contribution is -0.138. The van der Waals surface area contributed by atoms with Gasteiger partial charge in [0.1, 0.15) is 5.54 Å². The van der Waals surface area contributed by atoms with Crippen molar-refractivity contribution >= 4 is 20.1 Å². The van der Waals surface area contributed by atoms with Gasteiger partial charge in [0.2, 0.25) is 5.91 Å². The topological polar surface area (TPSA) is 88.2 Å². The molecule has 2 amide bonds. The molecule has 7 nitrogen and oxygen atoms in total. The molecule has 1 aliphatic carbocycles. The molecule has 0 N–H and O–H groups in total. The zero-order valence-electron chi connectivity index (χ0n) is 29.7. The number of aromatic nitrogens is 2. The van der Waals surface area contributed by atoms with Gasteiger partial charge in [-0.25, -0.2) is 4.98 Å². The van der Waals surface area contributed by atoms with Crippen molar-refractivity contribution in [3.8, 4) is 6.07 Å². The van der Waals surface area contributed by atoms with Gasteiger partial charge in [-0.1, -0.05) is 130 Å². The first-order valence-electron chi connectivity index (χ1n) is 17.5. The summed E-state index contributed by atoms with van der Waals surface area (Å²) in [6.45, 7) is 11.7. The fourth-order valence-corrected chi connectivity index (χ4v) is 8.11. The van der Waals surface area contributed by atoms with E-state index in [2.05, 4.69) is 80.9 Å². The van der Waals surface area contributed by atoms with Crippen molar-refractivity contribution in [2.45, 2.75) is 69.6 Å². The lowest BCUT2D eigenvalue weighted by atomic mass is 9.76. The van der Waals surface area contributed by atoms with Gasteiger partial charge in [-0.05, 0) is 47.7 Å². The Morgan fingerprint density at radius 1 is 0.920 bits per heavy atom. The molecule has 2 aliphatic rings. The molecule has 256 valence electrons. The van der Waals surface area contributed by atoms with E-state index in [1.165, 1.54) is 4.90 Å². The standard InChI is InChI=1S/C42H46N4O3Si/c1-41(2,3)50(4,5)49-28-26-31(29-43)38-37(25-27-45-39(47)35-23-15-16-24-36(35)40(45)48)44-30-46(38)42(32-17-9-6-10-18-32,33-19-11-7-12-20-33)34-21-13-8-14-22-34/h6-23,30-31,36H,24-28H2,1-5H3. The van der Waals surface area contributed by atoms with E-state index in [0.29, 0.717) is 37.1 Å². The summed E-state index contributed by atoms with van der Waals surface area (Å²) in [5, 5.41) is 11.0. The number of carbonyl (C=O) groups excluding carboxylic acids is 2. The average molecular weight is 683 g/mol. The number of likely N-dealkylation sites (tertiary alicyclic amines) is 1. The van der Waals surface area contributed by atoms with Crippen molar-refractivity contribution in [1.82, 2.24) is 14.5 Å². The summed E-state index contributed by atoms with van der Waals surface area (Å²) < 4.78 is 8.78. The molecule has 1 fully saturated rings. The highest BCUT2D eigenvalue weighted by Crippen LogP contribution is 2.44. The number of hydrogen-bond donors (Lipinski definition) is 0. The third kappa shape index (κ3) is 6.32. The third-order valence-electron chi connectivity index (χ3n) is 10.8. The summed E-state index contributed by atoms with van der Waals surface area (Å²) in [4.78, 5) is 33.2. The van der Waals surface area contributed by atoms with Crippen LogP contribution in [-0.4, -0.2) is 47.7 Å². The molecule has 1 aliphatic heterocycles. The van der Waals surface area contributed by atoms with Crippen molar-refractivity contribution in [1.29, 1.82) is 5.26 Å². The van der Waals surface area contributed by atoms with E-state index in [0.717, 1.165) is 22.4 Å². The summed E-state index contributed by atoms with van der Waals surface area (Å²) >= 11 is 0. The van der Waals surface area contributed by atoms with Crippen LogP contribution in [0.3, 0.4) is 0 Å². The van der Waals surface area contributed by atoms with Crippen molar-refractivity contribution in [3.63, 3.8) is 0 Å². The normalized spacial score (nSPS) is 17.0. The number of nitriles is 1. The zero-order chi connectivity index (χ0) is 35.5. The van der Waals surface area contributed by atoms with Gasteiger partial charge in [0, 0.05) is 25.1 Å². The number of benzene rings is 3. The van der Waals surface area contributed by atoms with Crippen LogP contribution in [0, 0.1) is 17.2 Å². The number of imidazole rings is 1. The maximum absolute atomic E-state index is 13.4. The van der Waals surface area contributed by atoms with Gasteiger partial charge in [-0.2, -0.15) is 5.26 Å². The van der Waals surface area contributed by atoms with Gasteiger partial charge in [-0.3, -0.25) is 14.5 Å². The summed E-state index contributed by atoms with van der Waals surface area (Å²) in [6.07, 6.45) is 8.71. The number of imide groups is 1. The number of nitrogens with zero attached hydrogens (tertiary/aromatic N) is 4. The predicted molar refractivity (Wildman–Crippen MR) is 199 cm³/mol. The molecular weight excluding hydrogens is 637 g/mol. The van der Waals surface area contributed by atoms with Crippen LogP contribution >= 0.6 is 0 Å². The molecule has 6 rings (SSSR count). The molecule has 3 aromatic carbocycles. The molecule has 4 aromatic rings. The molecule has 2 unspecified atom stereocenters. The highest BCUT2D eigenvalue weighted by Gasteiger charge is 2.45. The first-order chi connectivity index (χ1) is 24.0. The zero-order valence-corrected chi connectivity index (χ0v) is 30.7. The maximum Gasteiger partial charge on any atom is 0.257 e. The number of carbonyl (C=O) groups is 2. The largest absolute Gasteiger partial charge is 0.417 e. The van der Waals surface area contributed by atoms with Gasteiger partial charge in [-0.15, -0.1) is 0 Å². The number of hydrogen-bond acceptors (Lipinski definition) is 5.